The van der Waals surface area contributed by atoms with Crippen molar-refractivity contribution in [2.24, 2.45) is 5.92 Å². The Morgan fingerprint density at radius 2 is 2.14 bits per heavy atom. The van der Waals surface area contributed by atoms with Gasteiger partial charge in [0.2, 0.25) is 0 Å². The van der Waals surface area contributed by atoms with Crippen LogP contribution in [0.3, 0.4) is 0 Å². The van der Waals surface area contributed by atoms with E-state index < -0.39 is 5.60 Å². The predicted molar refractivity (Wildman–Crippen MR) is 87.6 cm³/mol. The fraction of sp³-hybridized carbons (Fsp3) is 0.556. The van der Waals surface area contributed by atoms with E-state index in [-0.39, 0.29) is 0 Å². The van der Waals surface area contributed by atoms with Gasteiger partial charge in [-0.3, -0.25) is 0 Å². The van der Waals surface area contributed by atoms with Crippen molar-refractivity contribution < 1.29 is 5.11 Å². The molecule has 2 heterocycles. The maximum Gasteiger partial charge on any atom is 0.0594 e. The number of benzene rings is 1. The lowest BCUT2D eigenvalue weighted by Crippen LogP contribution is -2.19. The highest BCUT2D eigenvalue weighted by atomic mass is 16.3. The lowest BCUT2D eigenvalue weighted by molar-refractivity contribution is 0.0714. The summed E-state index contributed by atoms with van der Waals surface area (Å²) in [4.78, 5) is 3.54. The largest absolute Gasteiger partial charge is 0.390 e. The molecule has 0 bridgehead atoms. The second-order valence-corrected chi connectivity index (χ2v) is 7.09. The van der Waals surface area contributed by atoms with E-state index in [1.54, 1.807) is 0 Å². The maximum absolute atomic E-state index is 9.84. The molecular weight excluding hydrogens is 260 g/mol. The van der Waals surface area contributed by atoms with E-state index in [1.165, 1.54) is 28.6 Å². The first-order chi connectivity index (χ1) is 9.99. The number of aromatic amines is 1. The van der Waals surface area contributed by atoms with Gasteiger partial charge in [0.25, 0.3) is 0 Å². The van der Waals surface area contributed by atoms with Crippen molar-refractivity contribution in [1.29, 1.82) is 0 Å². The smallest absolute Gasteiger partial charge is 0.0594 e. The van der Waals surface area contributed by atoms with Crippen LogP contribution in [0.25, 0.3) is 10.9 Å². The molecule has 1 aromatic heterocycles. The summed E-state index contributed by atoms with van der Waals surface area (Å²) in [5, 5.41) is 14.6. The van der Waals surface area contributed by atoms with Crippen LogP contribution in [0.2, 0.25) is 0 Å². The van der Waals surface area contributed by atoms with Crippen LogP contribution >= 0.6 is 0 Å². The molecule has 114 valence electrons. The lowest BCUT2D eigenvalue weighted by Gasteiger charge is -2.16. The Hall–Kier alpha value is -1.32. The van der Waals surface area contributed by atoms with E-state index in [9.17, 15) is 5.11 Å². The zero-order valence-corrected chi connectivity index (χ0v) is 13.1. The molecule has 0 aliphatic carbocycles. The Morgan fingerprint density at radius 1 is 1.29 bits per heavy atom. The number of aromatic nitrogens is 1. The fourth-order valence-corrected chi connectivity index (χ4v) is 3.16. The summed E-state index contributed by atoms with van der Waals surface area (Å²) < 4.78 is 0. The standard InChI is InChI=1S/C18H26N2O/c1-18(2,21)7-5-13-3-4-17-15(9-13)11-16(20-17)10-14-6-8-19-12-14/h3-4,9,11,14,19-21H,5-8,10,12H2,1-2H3/t14-/m1/s1. The van der Waals surface area contributed by atoms with Gasteiger partial charge in [0.15, 0.2) is 0 Å². The van der Waals surface area contributed by atoms with Gasteiger partial charge in [-0.25, -0.2) is 0 Å². The summed E-state index contributed by atoms with van der Waals surface area (Å²) >= 11 is 0. The molecule has 21 heavy (non-hydrogen) atoms. The van der Waals surface area contributed by atoms with Gasteiger partial charge >= 0.3 is 0 Å². The molecule has 2 aromatic rings. The van der Waals surface area contributed by atoms with Crippen LogP contribution in [0.15, 0.2) is 24.3 Å². The van der Waals surface area contributed by atoms with Crippen molar-refractivity contribution in [1.82, 2.24) is 10.3 Å². The molecule has 0 saturated carbocycles. The number of aliphatic hydroxyl groups is 1. The van der Waals surface area contributed by atoms with Crippen molar-refractivity contribution in [3.05, 3.63) is 35.5 Å². The highest BCUT2D eigenvalue weighted by Crippen LogP contribution is 2.22. The Morgan fingerprint density at radius 3 is 2.86 bits per heavy atom. The molecule has 1 fully saturated rings. The van der Waals surface area contributed by atoms with E-state index >= 15 is 0 Å². The van der Waals surface area contributed by atoms with E-state index in [4.69, 9.17) is 0 Å². The minimum atomic E-state index is -0.590. The van der Waals surface area contributed by atoms with Gasteiger partial charge in [-0.2, -0.15) is 0 Å². The zero-order chi connectivity index (χ0) is 14.9. The van der Waals surface area contributed by atoms with Gasteiger partial charge in [0.1, 0.15) is 0 Å². The number of H-pyrrole nitrogens is 1. The van der Waals surface area contributed by atoms with Gasteiger partial charge < -0.3 is 15.4 Å². The molecule has 3 heteroatoms. The molecule has 3 rings (SSSR count). The van der Waals surface area contributed by atoms with E-state index in [2.05, 4.69) is 34.6 Å². The summed E-state index contributed by atoms with van der Waals surface area (Å²) in [6, 6.07) is 8.89. The van der Waals surface area contributed by atoms with Crippen LogP contribution in [0.5, 0.6) is 0 Å². The van der Waals surface area contributed by atoms with Crippen molar-refractivity contribution in [3.8, 4) is 0 Å². The monoisotopic (exact) mass is 286 g/mol. The Balaban J connectivity index is 1.72. The average Bonchev–Trinajstić information content (AvgIpc) is 3.04. The summed E-state index contributed by atoms with van der Waals surface area (Å²) in [5.74, 6) is 0.771. The quantitative estimate of drug-likeness (QED) is 0.791. The molecule has 1 saturated heterocycles. The summed E-state index contributed by atoms with van der Waals surface area (Å²) in [5.41, 5.74) is 3.28. The molecular formula is C18H26N2O. The maximum atomic E-state index is 9.84. The zero-order valence-electron chi connectivity index (χ0n) is 13.1. The molecule has 1 aliphatic heterocycles. The van der Waals surface area contributed by atoms with Crippen LogP contribution in [0.1, 0.15) is 37.9 Å². The molecule has 3 N–H and O–H groups in total. The third-order valence-corrected chi connectivity index (χ3v) is 4.44. The minimum Gasteiger partial charge on any atom is -0.390 e. The molecule has 1 aliphatic rings. The molecule has 0 radical (unpaired) electrons. The van der Waals surface area contributed by atoms with Gasteiger partial charge in [-0.05, 0) is 87.7 Å². The van der Waals surface area contributed by atoms with Gasteiger partial charge in [0, 0.05) is 11.2 Å². The second kappa shape index (κ2) is 5.82. The van der Waals surface area contributed by atoms with E-state index in [1.807, 2.05) is 13.8 Å². The van der Waals surface area contributed by atoms with Crippen molar-refractivity contribution >= 4 is 10.9 Å². The van der Waals surface area contributed by atoms with E-state index in [0.29, 0.717) is 0 Å². The fourth-order valence-electron chi connectivity index (χ4n) is 3.16. The van der Waals surface area contributed by atoms with Crippen molar-refractivity contribution in [3.63, 3.8) is 0 Å². The first kappa shape index (κ1) is 14.6. The molecule has 0 amide bonds. The predicted octanol–water partition coefficient (Wildman–Crippen LogP) is 3.02. The van der Waals surface area contributed by atoms with Crippen LogP contribution in [-0.4, -0.2) is 28.8 Å². The molecule has 0 unspecified atom stereocenters. The van der Waals surface area contributed by atoms with E-state index in [0.717, 1.165) is 38.3 Å². The Labute approximate surface area is 126 Å². The van der Waals surface area contributed by atoms with Crippen molar-refractivity contribution in [2.45, 2.75) is 45.1 Å². The second-order valence-electron chi connectivity index (χ2n) is 7.09. The number of nitrogens with one attached hydrogen (secondary N) is 2. The van der Waals surface area contributed by atoms with Gasteiger partial charge in [-0.15, -0.1) is 0 Å². The van der Waals surface area contributed by atoms with Gasteiger partial charge in [-0.1, -0.05) is 6.07 Å². The highest BCUT2D eigenvalue weighted by Gasteiger charge is 2.16. The number of hydrogen-bond donors (Lipinski definition) is 3. The average molecular weight is 286 g/mol. The molecule has 0 spiro atoms. The highest BCUT2D eigenvalue weighted by molar-refractivity contribution is 5.81. The number of aryl methyl sites for hydroxylation is 1. The summed E-state index contributed by atoms with van der Waals surface area (Å²) in [6.07, 6.45) is 4.14. The molecule has 3 nitrogen and oxygen atoms in total. The van der Waals surface area contributed by atoms with Gasteiger partial charge in [0.05, 0.1) is 5.60 Å². The first-order valence-corrected chi connectivity index (χ1v) is 8.03. The SMILES string of the molecule is CC(C)(O)CCc1ccc2[nH]c(C[C@H]3CCNC3)cc2c1. The van der Waals surface area contributed by atoms with Crippen LogP contribution in [-0.2, 0) is 12.8 Å². The number of hydrogen-bond acceptors (Lipinski definition) is 2. The lowest BCUT2D eigenvalue weighted by atomic mass is 9.98. The Kier molecular flexibility index (Phi) is 4.05. The van der Waals surface area contributed by atoms with Crippen LogP contribution in [0, 0.1) is 5.92 Å². The number of fused-ring (bicyclic) bond motifs is 1. The Bertz CT molecular complexity index is 603. The third-order valence-electron chi connectivity index (χ3n) is 4.44. The number of rotatable bonds is 5. The third kappa shape index (κ3) is 3.86. The van der Waals surface area contributed by atoms with Crippen LogP contribution < -0.4 is 5.32 Å². The summed E-state index contributed by atoms with van der Waals surface area (Å²) in [6.45, 7) is 6.04. The topological polar surface area (TPSA) is 48.0 Å². The van der Waals surface area contributed by atoms with Crippen molar-refractivity contribution in [2.75, 3.05) is 13.1 Å². The normalized spacial score (nSPS) is 19.5. The van der Waals surface area contributed by atoms with Crippen LogP contribution in [0.4, 0.5) is 0 Å². The first-order valence-electron chi connectivity index (χ1n) is 8.03. The molecule has 1 aromatic carbocycles. The minimum absolute atomic E-state index is 0.590. The molecule has 1 atom stereocenters. The summed E-state index contributed by atoms with van der Waals surface area (Å²) in [7, 11) is 0.